The van der Waals surface area contributed by atoms with Gasteiger partial charge >= 0.3 is 0 Å². The van der Waals surface area contributed by atoms with E-state index in [2.05, 4.69) is 10.6 Å². The summed E-state index contributed by atoms with van der Waals surface area (Å²) in [6.45, 7) is 3.62. The average Bonchev–Trinajstić information content (AvgIpc) is 2.40. The first-order chi connectivity index (χ1) is 9.79. The van der Waals surface area contributed by atoms with Crippen LogP contribution in [-0.2, 0) is 10.0 Å². The quantitative estimate of drug-likeness (QED) is 0.362. The minimum absolute atomic E-state index is 0.202. The molecule has 0 fully saturated rings. The van der Waals surface area contributed by atoms with E-state index in [1.165, 1.54) is 12.1 Å². The number of rotatable bonds is 7. The van der Waals surface area contributed by atoms with E-state index in [0.717, 1.165) is 0 Å². The maximum Gasteiger partial charge on any atom is 0.289 e. The molecule has 21 heavy (non-hydrogen) atoms. The van der Waals surface area contributed by atoms with Crippen LogP contribution < -0.4 is 4.72 Å². The van der Waals surface area contributed by atoms with Crippen molar-refractivity contribution in [1.29, 1.82) is 0 Å². The molecule has 0 aliphatic heterocycles. The van der Waals surface area contributed by atoms with Crippen LogP contribution in [0, 0.1) is 36.3 Å². The Morgan fingerprint density at radius 1 is 1.29 bits per heavy atom. The van der Waals surface area contributed by atoms with E-state index < -0.39 is 20.6 Å². The summed E-state index contributed by atoms with van der Waals surface area (Å²) in [7, 11) is -3.91. The molecule has 1 aromatic carbocycles. The van der Waals surface area contributed by atoms with Gasteiger partial charge in [-0.1, -0.05) is 0 Å². The number of benzene rings is 1. The Kier molecular flexibility index (Phi) is 5.88. The number of unbranched alkanes of at least 4 members (excludes halogenated alkanes) is 2. The molecule has 0 saturated carbocycles. The van der Waals surface area contributed by atoms with Crippen LogP contribution in [0.2, 0.25) is 0 Å². The number of hydrogen-bond acceptors (Lipinski definition) is 4. The molecule has 0 bridgehead atoms. The number of nitrogens with one attached hydrogen (secondary N) is 1. The molecule has 0 heterocycles. The molecule has 0 aliphatic rings. The van der Waals surface area contributed by atoms with Crippen molar-refractivity contribution >= 4 is 15.7 Å². The van der Waals surface area contributed by atoms with E-state index in [1.807, 2.05) is 0 Å². The lowest BCUT2D eigenvalue weighted by atomic mass is 10.1. The molecule has 0 aliphatic carbocycles. The molecule has 0 radical (unpaired) electrons. The Morgan fingerprint density at radius 3 is 2.48 bits per heavy atom. The number of aryl methyl sites for hydroxylation is 2. The molecule has 114 valence electrons. The van der Waals surface area contributed by atoms with Crippen LogP contribution in [0.5, 0.6) is 0 Å². The molecule has 7 heteroatoms. The zero-order valence-corrected chi connectivity index (χ0v) is 12.9. The summed E-state index contributed by atoms with van der Waals surface area (Å²) in [4.78, 5) is 10.1. The van der Waals surface area contributed by atoms with Crippen molar-refractivity contribution in [1.82, 2.24) is 4.72 Å². The van der Waals surface area contributed by atoms with Crippen LogP contribution in [0.3, 0.4) is 0 Å². The average molecular weight is 310 g/mol. The Balaban J connectivity index is 3.00. The van der Waals surface area contributed by atoms with E-state index in [-0.39, 0.29) is 11.4 Å². The molecule has 1 N–H and O–H groups in total. The molecule has 0 saturated heterocycles. The zero-order valence-electron chi connectivity index (χ0n) is 12.0. The summed E-state index contributed by atoms with van der Waals surface area (Å²) < 4.78 is 26.8. The van der Waals surface area contributed by atoms with Gasteiger partial charge in [0.2, 0.25) is 10.0 Å². The van der Waals surface area contributed by atoms with Crippen molar-refractivity contribution in [2.75, 3.05) is 6.54 Å². The lowest BCUT2D eigenvalue weighted by Crippen LogP contribution is -2.25. The van der Waals surface area contributed by atoms with Crippen LogP contribution in [0.1, 0.15) is 30.4 Å². The second-order valence-electron chi connectivity index (χ2n) is 4.72. The van der Waals surface area contributed by atoms with E-state index in [9.17, 15) is 18.5 Å². The first kappa shape index (κ1) is 17.1. The van der Waals surface area contributed by atoms with Crippen molar-refractivity contribution < 1.29 is 13.3 Å². The van der Waals surface area contributed by atoms with E-state index in [4.69, 9.17) is 6.42 Å². The monoisotopic (exact) mass is 310 g/mol. The van der Waals surface area contributed by atoms with Gasteiger partial charge in [-0.25, -0.2) is 13.1 Å². The predicted molar refractivity (Wildman–Crippen MR) is 80.4 cm³/mol. The molecule has 1 aromatic rings. The standard InChI is InChI=1S/C14H18N2O4S/c1-4-5-6-7-8-15-21(19,20)14-10-12(3)11(2)9-13(14)16(17)18/h1,9-10,15H,5-8H2,2-3H3. The normalized spacial score (nSPS) is 11.1. The van der Waals surface area contributed by atoms with Gasteiger partial charge in [-0.2, -0.15) is 0 Å². The Hall–Kier alpha value is -1.91. The third kappa shape index (κ3) is 4.55. The maximum absolute atomic E-state index is 12.2. The van der Waals surface area contributed by atoms with Crippen LogP contribution in [0.25, 0.3) is 0 Å². The second-order valence-corrected chi connectivity index (χ2v) is 6.46. The van der Waals surface area contributed by atoms with Gasteiger partial charge in [0, 0.05) is 19.0 Å². The van der Waals surface area contributed by atoms with Crippen molar-refractivity contribution in [3.05, 3.63) is 33.4 Å². The highest BCUT2D eigenvalue weighted by Gasteiger charge is 2.26. The van der Waals surface area contributed by atoms with Gasteiger partial charge in [0.15, 0.2) is 4.90 Å². The minimum Gasteiger partial charge on any atom is -0.258 e. The van der Waals surface area contributed by atoms with Gasteiger partial charge in [-0.15, -0.1) is 12.3 Å². The third-order valence-electron chi connectivity index (χ3n) is 3.10. The first-order valence-electron chi connectivity index (χ1n) is 6.48. The topological polar surface area (TPSA) is 89.3 Å². The fraction of sp³-hybridized carbons (Fsp3) is 0.429. The Morgan fingerprint density at radius 2 is 1.90 bits per heavy atom. The van der Waals surface area contributed by atoms with Gasteiger partial charge in [0.25, 0.3) is 5.69 Å². The van der Waals surface area contributed by atoms with Crippen LogP contribution in [-0.4, -0.2) is 19.9 Å². The SMILES string of the molecule is C#CCCCCNS(=O)(=O)c1cc(C)c(C)cc1[N+](=O)[O-]. The highest BCUT2D eigenvalue weighted by molar-refractivity contribution is 7.89. The number of nitro groups is 1. The zero-order chi connectivity index (χ0) is 16.0. The maximum atomic E-state index is 12.2. The summed E-state index contributed by atoms with van der Waals surface area (Å²) in [6, 6.07) is 2.61. The first-order valence-corrected chi connectivity index (χ1v) is 7.96. The van der Waals surface area contributed by atoms with Crippen molar-refractivity contribution in [3.8, 4) is 12.3 Å². The van der Waals surface area contributed by atoms with Crippen LogP contribution in [0.15, 0.2) is 17.0 Å². The molecule has 0 unspecified atom stereocenters. The molecule has 0 atom stereocenters. The van der Waals surface area contributed by atoms with Gasteiger partial charge in [0.1, 0.15) is 0 Å². The number of sulfonamides is 1. The van der Waals surface area contributed by atoms with Gasteiger partial charge < -0.3 is 0 Å². The lowest BCUT2D eigenvalue weighted by molar-refractivity contribution is -0.387. The summed E-state index contributed by atoms with van der Waals surface area (Å²) in [5.74, 6) is 2.47. The molecule has 6 nitrogen and oxygen atoms in total. The summed E-state index contributed by atoms with van der Waals surface area (Å²) in [5.41, 5.74) is 0.956. The number of terminal acetylenes is 1. The van der Waals surface area contributed by atoms with Crippen molar-refractivity contribution in [2.24, 2.45) is 0 Å². The molecule has 1 rings (SSSR count). The van der Waals surface area contributed by atoms with Crippen LogP contribution >= 0.6 is 0 Å². The van der Waals surface area contributed by atoms with E-state index >= 15 is 0 Å². The summed E-state index contributed by atoms with van der Waals surface area (Å²) in [5, 5.41) is 11.0. The fourth-order valence-electron chi connectivity index (χ4n) is 1.77. The molecular formula is C14H18N2O4S. The van der Waals surface area contributed by atoms with Crippen molar-refractivity contribution in [3.63, 3.8) is 0 Å². The summed E-state index contributed by atoms with van der Waals surface area (Å²) in [6.07, 6.45) is 6.97. The lowest BCUT2D eigenvalue weighted by Gasteiger charge is -2.09. The second kappa shape index (κ2) is 7.20. The Bertz CT molecular complexity index is 675. The number of nitro benzene ring substituents is 1. The third-order valence-corrected chi connectivity index (χ3v) is 4.59. The highest BCUT2D eigenvalue weighted by atomic mass is 32.2. The van der Waals surface area contributed by atoms with E-state index in [1.54, 1.807) is 13.8 Å². The van der Waals surface area contributed by atoms with Gasteiger partial charge in [0.05, 0.1) is 4.92 Å². The Labute approximate surface area is 124 Å². The van der Waals surface area contributed by atoms with E-state index in [0.29, 0.717) is 30.4 Å². The number of hydrogen-bond donors (Lipinski definition) is 1. The largest absolute Gasteiger partial charge is 0.289 e. The van der Waals surface area contributed by atoms with Crippen molar-refractivity contribution in [2.45, 2.75) is 38.0 Å². The van der Waals surface area contributed by atoms with Gasteiger partial charge in [-0.05, 0) is 43.9 Å². The summed E-state index contributed by atoms with van der Waals surface area (Å²) >= 11 is 0. The molecule has 0 spiro atoms. The minimum atomic E-state index is -3.91. The number of nitrogens with zero attached hydrogens (tertiary/aromatic N) is 1. The smallest absolute Gasteiger partial charge is 0.258 e. The molecule has 0 aromatic heterocycles. The molecule has 0 amide bonds. The fourth-order valence-corrected chi connectivity index (χ4v) is 3.08. The highest BCUT2D eigenvalue weighted by Crippen LogP contribution is 2.27. The van der Waals surface area contributed by atoms with Crippen LogP contribution in [0.4, 0.5) is 5.69 Å². The van der Waals surface area contributed by atoms with Gasteiger partial charge in [-0.3, -0.25) is 10.1 Å². The molecular weight excluding hydrogens is 292 g/mol. The predicted octanol–water partition coefficient (Wildman–Crippen LogP) is 2.29.